The van der Waals surface area contributed by atoms with Crippen LogP contribution in [0.2, 0.25) is 0 Å². The molecule has 1 N–H and O–H groups in total. The van der Waals surface area contributed by atoms with Crippen LogP contribution in [0.3, 0.4) is 0 Å². The Hall–Kier alpha value is -3.36. The largest absolute Gasteiger partial charge is 0.492 e. The Kier molecular flexibility index (Phi) is 5.89. The SMILES string of the molecule is O=C(COC(=O)c1ccc([N+](=O)[O-])o1)NCCOc1ccccc1. The second-order valence-corrected chi connectivity index (χ2v) is 4.48. The second kappa shape index (κ2) is 8.32. The molecule has 0 aliphatic heterocycles. The van der Waals surface area contributed by atoms with E-state index < -0.39 is 29.3 Å². The molecular weight excluding hydrogens is 320 g/mol. The van der Waals surface area contributed by atoms with E-state index >= 15 is 0 Å². The first-order chi connectivity index (χ1) is 11.6. The van der Waals surface area contributed by atoms with Gasteiger partial charge in [0, 0.05) is 0 Å². The minimum atomic E-state index is -0.959. The van der Waals surface area contributed by atoms with Gasteiger partial charge in [0.25, 0.3) is 5.91 Å². The van der Waals surface area contributed by atoms with Crippen molar-refractivity contribution in [2.45, 2.75) is 0 Å². The number of carbonyl (C=O) groups excluding carboxylic acids is 2. The van der Waals surface area contributed by atoms with Gasteiger partial charge in [-0.05, 0) is 18.2 Å². The molecule has 0 aliphatic rings. The summed E-state index contributed by atoms with van der Waals surface area (Å²) >= 11 is 0. The predicted octanol–water partition coefficient (Wildman–Crippen LogP) is 1.54. The molecule has 0 saturated carbocycles. The van der Waals surface area contributed by atoms with Crippen LogP contribution in [0, 0.1) is 10.1 Å². The fraction of sp³-hybridized carbons (Fsp3) is 0.200. The van der Waals surface area contributed by atoms with Crippen molar-refractivity contribution in [1.82, 2.24) is 5.32 Å². The number of hydrogen-bond donors (Lipinski definition) is 1. The molecule has 9 nitrogen and oxygen atoms in total. The second-order valence-electron chi connectivity index (χ2n) is 4.48. The van der Waals surface area contributed by atoms with Crippen LogP contribution in [0.4, 0.5) is 5.88 Å². The van der Waals surface area contributed by atoms with E-state index in [1.54, 1.807) is 12.1 Å². The molecule has 0 aliphatic carbocycles. The number of nitrogens with zero attached hydrogens (tertiary/aromatic N) is 1. The molecule has 1 amide bonds. The van der Waals surface area contributed by atoms with Gasteiger partial charge in [-0.2, -0.15) is 0 Å². The fourth-order valence-electron chi connectivity index (χ4n) is 1.66. The van der Waals surface area contributed by atoms with Crippen LogP contribution < -0.4 is 10.1 Å². The first-order valence-corrected chi connectivity index (χ1v) is 6.92. The number of carbonyl (C=O) groups is 2. The number of esters is 1. The normalized spacial score (nSPS) is 10.0. The number of rotatable bonds is 8. The lowest BCUT2D eigenvalue weighted by atomic mass is 10.3. The van der Waals surface area contributed by atoms with Crippen LogP contribution >= 0.6 is 0 Å². The Morgan fingerprint density at radius 1 is 1.17 bits per heavy atom. The summed E-state index contributed by atoms with van der Waals surface area (Å²) in [5.41, 5.74) is 0. The van der Waals surface area contributed by atoms with Gasteiger partial charge in [-0.3, -0.25) is 14.9 Å². The molecule has 2 rings (SSSR count). The highest BCUT2D eigenvalue weighted by molar-refractivity contribution is 5.89. The zero-order valence-electron chi connectivity index (χ0n) is 12.5. The molecule has 0 saturated heterocycles. The molecule has 0 radical (unpaired) electrons. The average molecular weight is 334 g/mol. The molecule has 0 bridgehead atoms. The van der Waals surface area contributed by atoms with E-state index in [9.17, 15) is 19.7 Å². The average Bonchev–Trinajstić information content (AvgIpc) is 3.08. The predicted molar refractivity (Wildman–Crippen MR) is 80.6 cm³/mol. The van der Waals surface area contributed by atoms with Crippen molar-refractivity contribution in [3.63, 3.8) is 0 Å². The van der Waals surface area contributed by atoms with Gasteiger partial charge >= 0.3 is 11.9 Å². The zero-order valence-corrected chi connectivity index (χ0v) is 12.5. The highest BCUT2D eigenvalue weighted by Crippen LogP contribution is 2.16. The van der Waals surface area contributed by atoms with E-state index in [0.717, 1.165) is 12.1 Å². The number of nitro groups is 1. The third kappa shape index (κ3) is 5.13. The topological polar surface area (TPSA) is 121 Å². The molecule has 1 aromatic carbocycles. The van der Waals surface area contributed by atoms with E-state index in [2.05, 4.69) is 9.73 Å². The van der Waals surface area contributed by atoms with Crippen LogP contribution in [0.25, 0.3) is 0 Å². The number of para-hydroxylation sites is 1. The molecule has 0 spiro atoms. The molecule has 24 heavy (non-hydrogen) atoms. The number of hydrogen-bond acceptors (Lipinski definition) is 7. The summed E-state index contributed by atoms with van der Waals surface area (Å²) in [7, 11) is 0. The summed E-state index contributed by atoms with van der Waals surface area (Å²) in [4.78, 5) is 32.7. The minimum Gasteiger partial charge on any atom is -0.492 e. The monoisotopic (exact) mass is 334 g/mol. The summed E-state index contributed by atoms with van der Waals surface area (Å²) in [6.45, 7) is -0.0375. The summed E-state index contributed by atoms with van der Waals surface area (Å²) < 4.78 is 14.7. The smallest absolute Gasteiger partial charge is 0.433 e. The Morgan fingerprint density at radius 3 is 2.58 bits per heavy atom. The maximum atomic E-state index is 11.6. The van der Waals surface area contributed by atoms with Gasteiger partial charge in [-0.1, -0.05) is 18.2 Å². The Balaban J connectivity index is 1.65. The number of amides is 1. The summed E-state index contributed by atoms with van der Waals surface area (Å²) in [6.07, 6.45) is 0. The van der Waals surface area contributed by atoms with Gasteiger partial charge in [0.1, 0.15) is 17.3 Å². The number of nitrogens with one attached hydrogen (secondary N) is 1. The van der Waals surface area contributed by atoms with Crippen molar-refractivity contribution >= 4 is 17.8 Å². The molecule has 0 unspecified atom stereocenters. The molecule has 126 valence electrons. The Labute approximate surface area is 136 Å². The molecule has 0 fully saturated rings. The quantitative estimate of drug-likeness (QED) is 0.336. The zero-order chi connectivity index (χ0) is 17.4. The molecule has 9 heteroatoms. The third-order valence-electron chi connectivity index (χ3n) is 2.74. The van der Waals surface area contributed by atoms with E-state index in [1.165, 1.54) is 0 Å². The lowest BCUT2D eigenvalue weighted by Gasteiger charge is -2.07. The first-order valence-electron chi connectivity index (χ1n) is 6.92. The Bertz CT molecular complexity index is 712. The summed E-state index contributed by atoms with van der Waals surface area (Å²) in [6, 6.07) is 11.2. The maximum Gasteiger partial charge on any atom is 0.433 e. The molecular formula is C15H14N2O7. The fourth-order valence-corrected chi connectivity index (χ4v) is 1.66. The van der Waals surface area contributed by atoms with Gasteiger partial charge < -0.3 is 19.2 Å². The number of ether oxygens (including phenoxy) is 2. The maximum absolute atomic E-state index is 11.6. The molecule has 2 aromatic rings. The minimum absolute atomic E-state index is 0.234. The van der Waals surface area contributed by atoms with Crippen LogP contribution in [-0.4, -0.2) is 36.6 Å². The van der Waals surface area contributed by atoms with Crippen molar-refractivity contribution < 1.29 is 28.4 Å². The van der Waals surface area contributed by atoms with Crippen LogP contribution in [0.5, 0.6) is 5.75 Å². The van der Waals surface area contributed by atoms with Gasteiger partial charge in [0.15, 0.2) is 6.61 Å². The van der Waals surface area contributed by atoms with E-state index in [-0.39, 0.29) is 18.9 Å². The van der Waals surface area contributed by atoms with Gasteiger partial charge in [-0.25, -0.2) is 4.79 Å². The van der Waals surface area contributed by atoms with Crippen LogP contribution in [-0.2, 0) is 9.53 Å². The van der Waals surface area contributed by atoms with Crippen molar-refractivity contribution in [3.8, 4) is 5.75 Å². The molecule has 1 aromatic heterocycles. The highest BCUT2D eigenvalue weighted by atomic mass is 16.7. The van der Waals surface area contributed by atoms with Crippen LogP contribution in [0.15, 0.2) is 46.9 Å². The number of furan rings is 1. The summed E-state index contributed by atoms with van der Waals surface area (Å²) in [5, 5.41) is 12.9. The van der Waals surface area contributed by atoms with Crippen molar-refractivity contribution in [2.24, 2.45) is 0 Å². The highest BCUT2D eigenvalue weighted by Gasteiger charge is 2.19. The van der Waals surface area contributed by atoms with E-state index in [0.29, 0.717) is 5.75 Å². The lowest BCUT2D eigenvalue weighted by molar-refractivity contribution is -0.402. The van der Waals surface area contributed by atoms with E-state index in [4.69, 9.17) is 9.47 Å². The third-order valence-corrected chi connectivity index (χ3v) is 2.74. The Morgan fingerprint density at radius 2 is 1.92 bits per heavy atom. The first kappa shape index (κ1) is 17.0. The number of benzene rings is 1. The summed E-state index contributed by atoms with van der Waals surface area (Å²) in [5.74, 6) is -1.73. The molecule has 1 heterocycles. The lowest BCUT2D eigenvalue weighted by Crippen LogP contribution is -2.32. The van der Waals surface area contributed by atoms with Crippen molar-refractivity contribution in [2.75, 3.05) is 19.8 Å². The van der Waals surface area contributed by atoms with Crippen molar-refractivity contribution in [1.29, 1.82) is 0 Å². The van der Waals surface area contributed by atoms with Gasteiger partial charge in [0.05, 0.1) is 12.6 Å². The van der Waals surface area contributed by atoms with Gasteiger partial charge in [0.2, 0.25) is 5.76 Å². The van der Waals surface area contributed by atoms with Crippen molar-refractivity contribution in [3.05, 3.63) is 58.3 Å². The van der Waals surface area contributed by atoms with E-state index in [1.807, 2.05) is 18.2 Å². The standard InChI is InChI=1S/C15H14N2O7/c18-13(16-8-9-22-11-4-2-1-3-5-11)10-23-15(19)12-6-7-14(24-12)17(20)21/h1-7H,8-10H2,(H,16,18). The van der Waals surface area contributed by atoms with Crippen LogP contribution in [0.1, 0.15) is 10.6 Å². The molecule has 0 atom stereocenters. The van der Waals surface area contributed by atoms with Gasteiger partial charge in [-0.15, -0.1) is 0 Å².